The van der Waals surface area contributed by atoms with E-state index in [2.05, 4.69) is 10.6 Å². The summed E-state index contributed by atoms with van der Waals surface area (Å²) in [5.74, 6) is -0.174. The fourth-order valence-electron chi connectivity index (χ4n) is 2.07. The Morgan fingerprint density at radius 1 is 1.56 bits per heavy atom. The molecule has 0 aromatic heterocycles. The van der Waals surface area contributed by atoms with Gasteiger partial charge in [-0.15, -0.1) is 12.4 Å². The lowest BCUT2D eigenvalue weighted by atomic mass is 10.1. The maximum absolute atomic E-state index is 11.9. The quantitative estimate of drug-likeness (QED) is 0.782. The number of nitrogens with one attached hydrogen (secondary N) is 2. The van der Waals surface area contributed by atoms with Crippen LogP contribution < -0.4 is 10.6 Å². The van der Waals surface area contributed by atoms with Crippen molar-refractivity contribution in [3.8, 4) is 5.75 Å². The summed E-state index contributed by atoms with van der Waals surface area (Å²) < 4.78 is 0. The van der Waals surface area contributed by atoms with Crippen LogP contribution in [0.15, 0.2) is 18.2 Å². The van der Waals surface area contributed by atoms with E-state index in [-0.39, 0.29) is 24.1 Å². The molecule has 1 aromatic rings. The minimum absolute atomic E-state index is 0. The molecule has 3 N–H and O–H groups in total. The molecule has 5 heteroatoms. The average molecular weight is 271 g/mol. The highest BCUT2D eigenvalue weighted by atomic mass is 35.5. The number of phenols is 1. The van der Waals surface area contributed by atoms with Crippen LogP contribution >= 0.6 is 12.4 Å². The molecule has 0 radical (unpaired) electrons. The van der Waals surface area contributed by atoms with Gasteiger partial charge in [-0.3, -0.25) is 4.79 Å². The summed E-state index contributed by atoms with van der Waals surface area (Å²) in [6, 6.07) is 5.40. The van der Waals surface area contributed by atoms with Crippen molar-refractivity contribution in [1.29, 1.82) is 0 Å². The van der Waals surface area contributed by atoms with Crippen molar-refractivity contribution in [2.75, 3.05) is 13.1 Å². The number of phenolic OH excluding ortho intramolecular Hbond substituents is 1. The maximum atomic E-state index is 11.9. The minimum atomic E-state index is -0.208. The van der Waals surface area contributed by atoms with Crippen molar-refractivity contribution in [2.45, 2.75) is 25.8 Å². The smallest absolute Gasteiger partial charge is 0.255 e. The van der Waals surface area contributed by atoms with Crippen LogP contribution in [0.1, 0.15) is 28.8 Å². The molecule has 0 saturated carbocycles. The van der Waals surface area contributed by atoms with Gasteiger partial charge in [-0.25, -0.2) is 0 Å². The highest BCUT2D eigenvalue weighted by Crippen LogP contribution is 2.17. The van der Waals surface area contributed by atoms with Crippen molar-refractivity contribution in [1.82, 2.24) is 10.6 Å². The van der Waals surface area contributed by atoms with Crippen LogP contribution in [0, 0.1) is 6.92 Å². The molecular formula is C13H19ClN2O2. The molecule has 1 aromatic carbocycles. The number of amides is 1. The van der Waals surface area contributed by atoms with Gasteiger partial charge in [0.2, 0.25) is 0 Å². The van der Waals surface area contributed by atoms with Crippen LogP contribution in [0.25, 0.3) is 0 Å². The fraction of sp³-hybridized carbons (Fsp3) is 0.462. The van der Waals surface area contributed by atoms with E-state index in [1.165, 1.54) is 0 Å². The molecule has 0 spiro atoms. The zero-order valence-electron chi connectivity index (χ0n) is 10.4. The predicted octanol–water partition coefficient (Wildman–Crippen LogP) is 1.60. The van der Waals surface area contributed by atoms with Gasteiger partial charge in [0.25, 0.3) is 5.91 Å². The highest BCUT2D eigenvalue weighted by Gasteiger charge is 2.16. The third-order valence-corrected chi connectivity index (χ3v) is 3.07. The monoisotopic (exact) mass is 270 g/mol. The van der Waals surface area contributed by atoms with E-state index < -0.39 is 0 Å². The molecule has 4 nitrogen and oxygen atoms in total. The standard InChI is InChI=1S/C13H18N2O2.ClH/c1-9-4-5-12(16)11(7-9)13(17)15-8-10-3-2-6-14-10;/h4-5,7,10,14,16H,2-3,6,8H2,1H3,(H,15,17);1H. The normalized spacial score (nSPS) is 18.2. The average Bonchev–Trinajstić information content (AvgIpc) is 2.82. The van der Waals surface area contributed by atoms with Crippen molar-refractivity contribution < 1.29 is 9.90 Å². The molecule has 1 aliphatic rings. The van der Waals surface area contributed by atoms with Gasteiger partial charge >= 0.3 is 0 Å². The van der Waals surface area contributed by atoms with E-state index in [4.69, 9.17) is 0 Å². The highest BCUT2D eigenvalue weighted by molar-refractivity contribution is 5.97. The molecular weight excluding hydrogens is 252 g/mol. The molecule has 1 atom stereocenters. The largest absolute Gasteiger partial charge is 0.507 e. The van der Waals surface area contributed by atoms with E-state index >= 15 is 0 Å². The lowest BCUT2D eigenvalue weighted by Crippen LogP contribution is -2.37. The number of hydrogen-bond acceptors (Lipinski definition) is 3. The number of aryl methyl sites for hydroxylation is 1. The Morgan fingerprint density at radius 3 is 3.00 bits per heavy atom. The van der Waals surface area contributed by atoms with Crippen LogP contribution in [0.2, 0.25) is 0 Å². The Hall–Kier alpha value is -1.26. The number of rotatable bonds is 3. The Bertz CT molecular complexity index is 417. The summed E-state index contributed by atoms with van der Waals surface area (Å²) in [7, 11) is 0. The third-order valence-electron chi connectivity index (χ3n) is 3.07. The van der Waals surface area contributed by atoms with Crippen molar-refractivity contribution >= 4 is 18.3 Å². The van der Waals surface area contributed by atoms with Gasteiger partial charge in [-0.05, 0) is 38.4 Å². The number of hydrogen-bond donors (Lipinski definition) is 3. The summed E-state index contributed by atoms with van der Waals surface area (Å²) in [5.41, 5.74) is 1.31. The summed E-state index contributed by atoms with van der Waals surface area (Å²) in [4.78, 5) is 11.9. The van der Waals surface area contributed by atoms with Crippen LogP contribution in [0.5, 0.6) is 5.75 Å². The Balaban J connectivity index is 0.00000162. The molecule has 1 fully saturated rings. The second-order valence-electron chi connectivity index (χ2n) is 4.52. The van der Waals surface area contributed by atoms with Gasteiger partial charge < -0.3 is 15.7 Å². The number of benzene rings is 1. The second-order valence-corrected chi connectivity index (χ2v) is 4.52. The van der Waals surface area contributed by atoms with Crippen LogP contribution in [0.3, 0.4) is 0 Å². The van der Waals surface area contributed by atoms with E-state index in [1.54, 1.807) is 18.2 Å². The summed E-state index contributed by atoms with van der Waals surface area (Å²) in [6.07, 6.45) is 2.26. The van der Waals surface area contributed by atoms with E-state index in [1.807, 2.05) is 6.92 Å². The van der Waals surface area contributed by atoms with Gasteiger partial charge in [0.1, 0.15) is 5.75 Å². The molecule has 1 heterocycles. The fourth-order valence-corrected chi connectivity index (χ4v) is 2.07. The lowest BCUT2D eigenvalue weighted by molar-refractivity contribution is 0.0947. The molecule has 100 valence electrons. The molecule has 0 aliphatic carbocycles. The number of carbonyl (C=O) groups is 1. The van der Waals surface area contributed by atoms with Crippen LogP contribution in [0.4, 0.5) is 0 Å². The number of halogens is 1. The third kappa shape index (κ3) is 3.62. The molecule has 1 saturated heterocycles. The first-order chi connectivity index (χ1) is 8.16. The first kappa shape index (κ1) is 14.8. The van der Waals surface area contributed by atoms with E-state index in [0.29, 0.717) is 18.2 Å². The lowest BCUT2D eigenvalue weighted by Gasteiger charge is -2.12. The summed E-state index contributed by atoms with van der Waals surface area (Å²) in [5, 5.41) is 15.8. The van der Waals surface area contributed by atoms with Gasteiger partial charge in [-0.2, -0.15) is 0 Å². The summed E-state index contributed by atoms with van der Waals surface area (Å²) >= 11 is 0. The molecule has 1 amide bonds. The van der Waals surface area contributed by atoms with Crippen molar-refractivity contribution in [2.24, 2.45) is 0 Å². The number of aromatic hydroxyl groups is 1. The minimum Gasteiger partial charge on any atom is -0.507 e. The first-order valence-electron chi connectivity index (χ1n) is 5.98. The molecule has 18 heavy (non-hydrogen) atoms. The molecule has 1 unspecified atom stereocenters. The van der Waals surface area contributed by atoms with Gasteiger partial charge in [0.15, 0.2) is 0 Å². The van der Waals surface area contributed by atoms with Crippen LogP contribution in [-0.2, 0) is 0 Å². The van der Waals surface area contributed by atoms with E-state index in [9.17, 15) is 9.90 Å². The zero-order valence-corrected chi connectivity index (χ0v) is 11.2. The Labute approximate surface area is 113 Å². The van der Waals surface area contributed by atoms with Gasteiger partial charge in [-0.1, -0.05) is 11.6 Å². The number of carbonyl (C=O) groups excluding carboxylic acids is 1. The van der Waals surface area contributed by atoms with Crippen molar-refractivity contribution in [3.63, 3.8) is 0 Å². The van der Waals surface area contributed by atoms with Crippen molar-refractivity contribution in [3.05, 3.63) is 29.3 Å². The van der Waals surface area contributed by atoms with Gasteiger partial charge in [0.05, 0.1) is 5.56 Å². The van der Waals surface area contributed by atoms with Gasteiger partial charge in [0, 0.05) is 12.6 Å². The zero-order chi connectivity index (χ0) is 12.3. The topological polar surface area (TPSA) is 61.4 Å². The Morgan fingerprint density at radius 2 is 2.33 bits per heavy atom. The molecule has 1 aliphatic heterocycles. The second kappa shape index (κ2) is 6.61. The molecule has 2 rings (SSSR count). The predicted molar refractivity (Wildman–Crippen MR) is 73.4 cm³/mol. The molecule has 0 bridgehead atoms. The Kier molecular flexibility index (Phi) is 5.44. The van der Waals surface area contributed by atoms with E-state index in [0.717, 1.165) is 24.9 Å². The SMILES string of the molecule is Cc1ccc(O)c(C(=O)NCC2CCCN2)c1.Cl. The first-order valence-corrected chi connectivity index (χ1v) is 5.98. The maximum Gasteiger partial charge on any atom is 0.255 e. The summed E-state index contributed by atoms with van der Waals surface area (Å²) in [6.45, 7) is 3.54. The van der Waals surface area contributed by atoms with Crippen LogP contribution in [-0.4, -0.2) is 30.1 Å².